The Morgan fingerprint density at radius 1 is 1.07 bits per heavy atom. The third-order valence-electron chi connectivity index (χ3n) is 4.62. The number of amides is 1. The second-order valence-corrected chi connectivity index (χ2v) is 6.49. The summed E-state index contributed by atoms with van der Waals surface area (Å²) in [5.74, 6) is 0.113. The fourth-order valence-corrected chi connectivity index (χ4v) is 3.15. The molecule has 0 aliphatic carbocycles. The van der Waals surface area contributed by atoms with Gasteiger partial charge in [0, 0.05) is 37.9 Å². The summed E-state index contributed by atoms with van der Waals surface area (Å²) in [4.78, 5) is 20.9. The molecule has 28 heavy (non-hydrogen) atoms. The van der Waals surface area contributed by atoms with E-state index in [-0.39, 0.29) is 29.9 Å². The van der Waals surface area contributed by atoms with E-state index >= 15 is 0 Å². The lowest BCUT2D eigenvalue weighted by atomic mass is 10.2. The summed E-state index contributed by atoms with van der Waals surface area (Å²) in [5.41, 5.74) is 1.42. The van der Waals surface area contributed by atoms with E-state index in [0.717, 1.165) is 18.8 Å². The van der Waals surface area contributed by atoms with Crippen LogP contribution in [0.25, 0.3) is 0 Å². The van der Waals surface area contributed by atoms with Gasteiger partial charge in [-0.2, -0.15) is 0 Å². The highest BCUT2D eigenvalue weighted by Gasteiger charge is 2.24. The summed E-state index contributed by atoms with van der Waals surface area (Å²) in [6, 6.07) is 16.0. The van der Waals surface area contributed by atoms with Gasteiger partial charge in [0.25, 0.3) is 5.91 Å². The number of halogens is 1. The standard InChI is InChI=1S/C21H20FN3O3/c22-16-5-4-8-18(13-16)27-15-20-23-19(14-28-20)21(26)25-11-9-24(10-12-25)17-6-2-1-3-7-17/h1-8,13-14H,9-12,15H2. The molecule has 1 aromatic heterocycles. The molecule has 0 atom stereocenters. The van der Waals surface area contributed by atoms with Crippen LogP contribution >= 0.6 is 0 Å². The van der Waals surface area contributed by atoms with Gasteiger partial charge in [0.05, 0.1) is 0 Å². The molecule has 1 amide bonds. The first-order valence-electron chi connectivity index (χ1n) is 9.11. The zero-order valence-electron chi connectivity index (χ0n) is 15.3. The summed E-state index contributed by atoms with van der Waals surface area (Å²) in [7, 11) is 0. The van der Waals surface area contributed by atoms with Crippen molar-refractivity contribution in [1.82, 2.24) is 9.88 Å². The van der Waals surface area contributed by atoms with Gasteiger partial charge < -0.3 is 19.0 Å². The molecule has 1 aliphatic heterocycles. The molecule has 2 heterocycles. The van der Waals surface area contributed by atoms with Crippen LogP contribution < -0.4 is 9.64 Å². The van der Waals surface area contributed by atoms with Crippen molar-refractivity contribution in [1.29, 1.82) is 0 Å². The summed E-state index contributed by atoms with van der Waals surface area (Å²) in [6.45, 7) is 2.80. The van der Waals surface area contributed by atoms with Crippen molar-refractivity contribution >= 4 is 11.6 Å². The van der Waals surface area contributed by atoms with Gasteiger partial charge in [-0.25, -0.2) is 9.37 Å². The number of nitrogens with zero attached hydrogens (tertiary/aromatic N) is 3. The number of ether oxygens (including phenoxy) is 1. The van der Waals surface area contributed by atoms with Gasteiger partial charge in [0.1, 0.15) is 17.8 Å². The third kappa shape index (κ3) is 4.14. The molecule has 2 aromatic carbocycles. The molecule has 6 nitrogen and oxygen atoms in total. The Balaban J connectivity index is 1.32. The minimum Gasteiger partial charge on any atom is -0.484 e. The number of aromatic nitrogens is 1. The molecule has 1 aliphatic rings. The first kappa shape index (κ1) is 18.0. The highest BCUT2D eigenvalue weighted by Crippen LogP contribution is 2.18. The average molecular weight is 381 g/mol. The lowest BCUT2D eigenvalue weighted by Gasteiger charge is -2.35. The molecule has 0 N–H and O–H groups in total. The molecule has 4 rings (SSSR count). The Morgan fingerprint density at radius 3 is 2.61 bits per heavy atom. The van der Waals surface area contributed by atoms with Crippen molar-refractivity contribution in [2.24, 2.45) is 0 Å². The molecule has 0 radical (unpaired) electrons. The van der Waals surface area contributed by atoms with Crippen LogP contribution in [-0.4, -0.2) is 42.0 Å². The van der Waals surface area contributed by atoms with Crippen LogP contribution in [0, 0.1) is 5.82 Å². The molecule has 0 bridgehead atoms. The predicted molar refractivity (Wildman–Crippen MR) is 102 cm³/mol. The Bertz CT molecular complexity index is 937. The zero-order chi connectivity index (χ0) is 19.3. The molecule has 3 aromatic rings. The van der Waals surface area contributed by atoms with E-state index < -0.39 is 0 Å². The van der Waals surface area contributed by atoms with Crippen molar-refractivity contribution in [3.05, 3.63) is 78.3 Å². The van der Waals surface area contributed by atoms with E-state index in [4.69, 9.17) is 9.15 Å². The molecular formula is C21H20FN3O3. The number of para-hydroxylation sites is 1. The largest absolute Gasteiger partial charge is 0.484 e. The number of hydrogen-bond donors (Lipinski definition) is 0. The van der Waals surface area contributed by atoms with Crippen LogP contribution in [0.15, 0.2) is 65.3 Å². The van der Waals surface area contributed by atoms with E-state index in [1.807, 2.05) is 18.2 Å². The number of hydrogen-bond acceptors (Lipinski definition) is 5. The van der Waals surface area contributed by atoms with Crippen molar-refractivity contribution in [2.75, 3.05) is 31.1 Å². The fraction of sp³-hybridized carbons (Fsp3) is 0.238. The second kappa shape index (κ2) is 8.12. The normalized spacial score (nSPS) is 14.2. The molecule has 1 saturated heterocycles. The van der Waals surface area contributed by atoms with E-state index in [1.165, 1.54) is 18.4 Å². The van der Waals surface area contributed by atoms with Crippen LogP contribution in [0.5, 0.6) is 5.75 Å². The van der Waals surface area contributed by atoms with Gasteiger partial charge in [-0.3, -0.25) is 4.79 Å². The smallest absolute Gasteiger partial charge is 0.275 e. The van der Waals surface area contributed by atoms with Gasteiger partial charge >= 0.3 is 0 Å². The molecule has 0 unspecified atom stereocenters. The van der Waals surface area contributed by atoms with E-state index in [9.17, 15) is 9.18 Å². The van der Waals surface area contributed by atoms with Crippen molar-refractivity contribution in [3.63, 3.8) is 0 Å². The highest BCUT2D eigenvalue weighted by molar-refractivity contribution is 5.92. The van der Waals surface area contributed by atoms with Crippen LogP contribution in [-0.2, 0) is 6.61 Å². The van der Waals surface area contributed by atoms with Crippen molar-refractivity contribution in [3.8, 4) is 5.75 Å². The Hall–Kier alpha value is -3.35. The average Bonchev–Trinajstić information content (AvgIpc) is 3.22. The summed E-state index contributed by atoms with van der Waals surface area (Å²) in [6.07, 6.45) is 1.34. The van der Waals surface area contributed by atoms with Crippen molar-refractivity contribution in [2.45, 2.75) is 6.61 Å². The molecule has 0 saturated carbocycles. The SMILES string of the molecule is O=C(c1coc(COc2cccc(F)c2)n1)N1CCN(c2ccccc2)CC1. The van der Waals surface area contributed by atoms with E-state index in [0.29, 0.717) is 18.8 Å². The fourth-order valence-electron chi connectivity index (χ4n) is 3.15. The van der Waals surface area contributed by atoms with Crippen LogP contribution in [0.3, 0.4) is 0 Å². The first-order chi connectivity index (χ1) is 13.7. The maximum absolute atomic E-state index is 13.2. The Morgan fingerprint density at radius 2 is 1.86 bits per heavy atom. The van der Waals surface area contributed by atoms with E-state index in [1.54, 1.807) is 17.0 Å². The van der Waals surface area contributed by atoms with Crippen LogP contribution in [0.2, 0.25) is 0 Å². The predicted octanol–water partition coefficient (Wildman–Crippen LogP) is 3.36. The maximum atomic E-state index is 13.2. The van der Waals surface area contributed by atoms with Gasteiger partial charge in [-0.1, -0.05) is 24.3 Å². The number of rotatable bonds is 5. The number of oxazole rings is 1. The minimum absolute atomic E-state index is 0.0263. The minimum atomic E-state index is -0.379. The maximum Gasteiger partial charge on any atom is 0.275 e. The number of carbonyl (C=O) groups is 1. The Kier molecular flexibility index (Phi) is 5.23. The topological polar surface area (TPSA) is 58.8 Å². The van der Waals surface area contributed by atoms with E-state index in [2.05, 4.69) is 22.0 Å². The number of piperazine rings is 1. The number of anilines is 1. The molecular weight excluding hydrogens is 361 g/mol. The molecule has 1 fully saturated rings. The van der Waals surface area contributed by atoms with Crippen molar-refractivity contribution < 1.29 is 18.3 Å². The van der Waals surface area contributed by atoms with Gasteiger partial charge in [0.15, 0.2) is 12.3 Å². The summed E-state index contributed by atoms with van der Waals surface area (Å²) in [5, 5.41) is 0. The molecule has 7 heteroatoms. The summed E-state index contributed by atoms with van der Waals surface area (Å²) >= 11 is 0. The third-order valence-corrected chi connectivity index (χ3v) is 4.62. The number of carbonyl (C=O) groups excluding carboxylic acids is 1. The van der Waals surface area contributed by atoms with Crippen LogP contribution in [0.4, 0.5) is 10.1 Å². The quantitative estimate of drug-likeness (QED) is 0.678. The monoisotopic (exact) mass is 381 g/mol. The summed E-state index contributed by atoms with van der Waals surface area (Å²) < 4.78 is 23.9. The molecule has 144 valence electrons. The van der Waals surface area contributed by atoms with Gasteiger partial charge in [-0.15, -0.1) is 0 Å². The zero-order valence-corrected chi connectivity index (χ0v) is 15.3. The van der Waals surface area contributed by atoms with Gasteiger partial charge in [-0.05, 0) is 24.3 Å². The molecule has 0 spiro atoms. The second-order valence-electron chi connectivity index (χ2n) is 6.49. The van der Waals surface area contributed by atoms with Crippen LogP contribution in [0.1, 0.15) is 16.4 Å². The number of benzene rings is 2. The Labute approximate surface area is 162 Å². The lowest BCUT2D eigenvalue weighted by molar-refractivity contribution is 0.0740. The lowest BCUT2D eigenvalue weighted by Crippen LogP contribution is -2.48. The highest BCUT2D eigenvalue weighted by atomic mass is 19.1. The first-order valence-corrected chi connectivity index (χ1v) is 9.11. The van der Waals surface area contributed by atoms with Gasteiger partial charge in [0.2, 0.25) is 5.89 Å².